The number of nitrogens with zero attached hydrogens (tertiary/aromatic N) is 1. The third-order valence-corrected chi connectivity index (χ3v) is 2.60. The zero-order valence-corrected chi connectivity index (χ0v) is 9.24. The van der Waals surface area contributed by atoms with E-state index in [0.717, 1.165) is 32.6 Å². The molecule has 1 aliphatic heterocycles. The summed E-state index contributed by atoms with van der Waals surface area (Å²) in [6, 6.07) is 0.0712. The van der Waals surface area contributed by atoms with Gasteiger partial charge in [-0.2, -0.15) is 0 Å². The second kappa shape index (κ2) is 6.76. The molecule has 0 saturated carbocycles. The van der Waals surface area contributed by atoms with Gasteiger partial charge in [0, 0.05) is 26.2 Å². The quantitative estimate of drug-likeness (QED) is 0.665. The molecule has 1 rings (SSSR count). The van der Waals surface area contributed by atoms with Crippen molar-refractivity contribution in [3.05, 3.63) is 0 Å². The molecule has 0 aliphatic carbocycles. The van der Waals surface area contributed by atoms with Crippen LogP contribution in [0.2, 0.25) is 0 Å². The Balaban J connectivity index is 2.35. The van der Waals surface area contributed by atoms with Crippen LogP contribution in [0.3, 0.4) is 0 Å². The van der Waals surface area contributed by atoms with Gasteiger partial charge in [0.2, 0.25) is 0 Å². The van der Waals surface area contributed by atoms with E-state index in [-0.39, 0.29) is 12.5 Å². The first-order valence-electron chi connectivity index (χ1n) is 5.39. The van der Waals surface area contributed by atoms with E-state index < -0.39 is 5.97 Å². The molecule has 0 bridgehead atoms. The lowest BCUT2D eigenvalue weighted by molar-refractivity contribution is -0.137. The Hall–Kier alpha value is -0.650. The molecular formula is C10H20N2O3. The van der Waals surface area contributed by atoms with Crippen molar-refractivity contribution >= 4 is 5.97 Å². The van der Waals surface area contributed by atoms with Gasteiger partial charge in [0.25, 0.3) is 0 Å². The number of carbonyl (C=O) groups is 1. The summed E-state index contributed by atoms with van der Waals surface area (Å²) in [5, 5.41) is 12.0. The van der Waals surface area contributed by atoms with Crippen LogP contribution in [0, 0.1) is 0 Å². The molecule has 1 atom stereocenters. The molecule has 0 aromatic rings. The van der Waals surface area contributed by atoms with Gasteiger partial charge in [0.1, 0.15) is 0 Å². The number of carboxylic acids is 1. The highest BCUT2D eigenvalue weighted by Gasteiger charge is 2.19. The van der Waals surface area contributed by atoms with E-state index >= 15 is 0 Å². The summed E-state index contributed by atoms with van der Waals surface area (Å²) in [7, 11) is 1.69. The molecule has 5 heteroatoms. The standard InChI is InChI=1S/C10H20N2O3/c1-15-6-5-12-4-2-3-11-9(8-12)7-10(13)14/h9,11H,2-8H2,1H3,(H,13,14). The van der Waals surface area contributed by atoms with Crippen LogP contribution in [0.5, 0.6) is 0 Å². The van der Waals surface area contributed by atoms with Crippen LogP contribution in [-0.4, -0.2) is 61.9 Å². The number of rotatable bonds is 5. The minimum atomic E-state index is -0.735. The Morgan fingerprint density at radius 3 is 3.13 bits per heavy atom. The van der Waals surface area contributed by atoms with Gasteiger partial charge in [-0.1, -0.05) is 0 Å². The van der Waals surface area contributed by atoms with Crippen molar-refractivity contribution in [3.8, 4) is 0 Å². The number of carboxylic acid groups (broad SMARTS) is 1. The summed E-state index contributed by atoms with van der Waals surface area (Å²) >= 11 is 0. The lowest BCUT2D eigenvalue weighted by Gasteiger charge is -2.22. The summed E-state index contributed by atoms with van der Waals surface area (Å²) in [6.07, 6.45) is 1.27. The van der Waals surface area contributed by atoms with E-state index in [9.17, 15) is 4.79 Å². The second-order valence-corrected chi connectivity index (χ2v) is 3.90. The minimum absolute atomic E-state index is 0.0712. The third-order valence-electron chi connectivity index (χ3n) is 2.60. The number of methoxy groups -OCH3 is 1. The molecule has 88 valence electrons. The summed E-state index contributed by atoms with van der Waals surface area (Å²) in [6.45, 7) is 4.32. The fourth-order valence-electron chi connectivity index (χ4n) is 1.85. The average Bonchev–Trinajstić information content (AvgIpc) is 2.39. The minimum Gasteiger partial charge on any atom is -0.481 e. The van der Waals surface area contributed by atoms with Crippen molar-refractivity contribution in [1.82, 2.24) is 10.2 Å². The predicted octanol–water partition coefficient (Wildman–Crippen LogP) is -0.229. The molecule has 2 N–H and O–H groups in total. The summed E-state index contributed by atoms with van der Waals surface area (Å²) in [4.78, 5) is 12.9. The zero-order chi connectivity index (χ0) is 11.1. The van der Waals surface area contributed by atoms with Crippen molar-refractivity contribution in [2.45, 2.75) is 18.9 Å². The van der Waals surface area contributed by atoms with Crippen molar-refractivity contribution in [2.75, 3.05) is 39.9 Å². The van der Waals surface area contributed by atoms with Gasteiger partial charge in [-0.05, 0) is 19.5 Å². The van der Waals surface area contributed by atoms with E-state index in [1.165, 1.54) is 0 Å². The first-order chi connectivity index (χ1) is 7.22. The Kier molecular flexibility index (Phi) is 5.60. The molecule has 1 saturated heterocycles. The number of ether oxygens (including phenoxy) is 1. The topological polar surface area (TPSA) is 61.8 Å². The largest absolute Gasteiger partial charge is 0.481 e. The maximum atomic E-state index is 10.6. The molecule has 0 amide bonds. The number of nitrogens with one attached hydrogen (secondary N) is 1. The monoisotopic (exact) mass is 216 g/mol. The van der Waals surface area contributed by atoms with Crippen LogP contribution in [0.15, 0.2) is 0 Å². The van der Waals surface area contributed by atoms with Crippen molar-refractivity contribution in [3.63, 3.8) is 0 Å². The van der Waals surface area contributed by atoms with E-state index in [4.69, 9.17) is 9.84 Å². The molecule has 1 unspecified atom stereocenters. The molecule has 1 aliphatic rings. The smallest absolute Gasteiger partial charge is 0.304 e. The van der Waals surface area contributed by atoms with E-state index in [0.29, 0.717) is 6.61 Å². The van der Waals surface area contributed by atoms with Crippen LogP contribution in [0.1, 0.15) is 12.8 Å². The fourth-order valence-corrected chi connectivity index (χ4v) is 1.85. The summed E-state index contributed by atoms with van der Waals surface area (Å²) < 4.78 is 5.02. The lowest BCUT2D eigenvalue weighted by Crippen LogP contribution is -2.40. The molecule has 0 spiro atoms. The molecule has 5 nitrogen and oxygen atoms in total. The van der Waals surface area contributed by atoms with Crippen LogP contribution in [0.25, 0.3) is 0 Å². The van der Waals surface area contributed by atoms with E-state index in [1.54, 1.807) is 7.11 Å². The Morgan fingerprint density at radius 2 is 2.47 bits per heavy atom. The van der Waals surface area contributed by atoms with Gasteiger partial charge in [-0.15, -0.1) is 0 Å². The van der Waals surface area contributed by atoms with Gasteiger partial charge < -0.3 is 15.2 Å². The number of aliphatic carboxylic acids is 1. The van der Waals surface area contributed by atoms with Gasteiger partial charge >= 0.3 is 5.97 Å². The molecule has 0 aromatic carbocycles. The van der Waals surface area contributed by atoms with E-state index in [2.05, 4.69) is 10.2 Å². The van der Waals surface area contributed by atoms with Gasteiger partial charge in [0.15, 0.2) is 0 Å². The highest BCUT2D eigenvalue weighted by Crippen LogP contribution is 2.03. The number of hydrogen-bond donors (Lipinski definition) is 2. The second-order valence-electron chi connectivity index (χ2n) is 3.90. The van der Waals surface area contributed by atoms with E-state index in [1.807, 2.05) is 0 Å². The third kappa shape index (κ3) is 5.11. The normalized spacial score (nSPS) is 23.7. The first kappa shape index (κ1) is 12.4. The summed E-state index contributed by atoms with van der Waals surface area (Å²) in [5.41, 5.74) is 0. The molecular weight excluding hydrogens is 196 g/mol. The maximum absolute atomic E-state index is 10.6. The van der Waals surface area contributed by atoms with Crippen molar-refractivity contribution in [1.29, 1.82) is 0 Å². The van der Waals surface area contributed by atoms with Gasteiger partial charge in [0.05, 0.1) is 13.0 Å². The average molecular weight is 216 g/mol. The van der Waals surface area contributed by atoms with Crippen LogP contribution < -0.4 is 5.32 Å². The van der Waals surface area contributed by atoms with Gasteiger partial charge in [-0.3, -0.25) is 9.69 Å². The zero-order valence-electron chi connectivity index (χ0n) is 9.24. The SMILES string of the molecule is COCCN1CCCNC(CC(=O)O)C1. The van der Waals surface area contributed by atoms with Crippen LogP contribution >= 0.6 is 0 Å². The fraction of sp³-hybridized carbons (Fsp3) is 0.900. The van der Waals surface area contributed by atoms with Gasteiger partial charge in [-0.25, -0.2) is 0 Å². The number of hydrogen-bond acceptors (Lipinski definition) is 4. The first-order valence-corrected chi connectivity index (χ1v) is 5.39. The highest BCUT2D eigenvalue weighted by atomic mass is 16.5. The summed E-state index contributed by atoms with van der Waals surface area (Å²) in [5.74, 6) is -0.735. The van der Waals surface area contributed by atoms with Crippen LogP contribution in [-0.2, 0) is 9.53 Å². The van der Waals surface area contributed by atoms with Crippen molar-refractivity contribution in [2.24, 2.45) is 0 Å². The molecule has 1 heterocycles. The Labute approximate surface area is 90.4 Å². The molecule has 1 fully saturated rings. The lowest BCUT2D eigenvalue weighted by atomic mass is 10.2. The maximum Gasteiger partial charge on any atom is 0.304 e. The molecule has 0 aromatic heterocycles. The molecule has 15 heavy (non-hydrogen) atoms. The molecule has 0 radical (unpaired) electrons. The highest BCUT2D eigenvalue weighted by molar-refractivity contribution is 5.67. The predicted molar refractivity (Wildman–Crippen MR) is 57.0 cm³/mol. The van der Waals surface area contributed by atoms with Crippen molar-refractivity contribution < 1.29 is 14.6 Å². The Morgan fingerprint density at radius 1 is 1.67 bits per heavy atom. The van der Waals surface area contributed by atoms with Crippen LogP contribution in [0.4, 0.5) is 0 Å². The Bertz CT molecular complexity index is 199.